The largest absolute Gasteiger partial charge is 0.405 e. The van der Waals surface area contributed by atoms with Crippen molar-refractivity contribution in [1.82, 2.24) is 5.32 Å². The zero-order valence-corrected chi connectivity index (χ0v) is 8.73. The summed E-state index contributed by atoms with van der Waals surface area (Å²) < 4.78 is 35.5. The number of nitrogens with one attached hydrogen (secondary N) is 1. The van der Waals surface area contributed by atoms with E-state index in [0.717, 1.165) is 12.8 Å². The van der Waals surface area contributed by atoms with Crippen molar-refractivity contribution >= 4 is 5.91 Å². The monoisotopic (exact) mass is 223 g/mol. The molecule has 1 aliphatic rings. The lowest BCUT2D eigenvalue weighted by atomic mass is 9.82. The van der Waals surface area contributed by atoms with Crippen LogP contribution in [0.4, 0.5) is 13.2 Å². The van der Waals surface area contributed by atoms with Crippen LogP contribution in [-0.4, -0.2) is 18.6 Å². The van der Waals surface area contributed by atoms with Gasteiger partial charge in [-0.25, -0.2) is 0 Å². The number of rotatable bonds is 2. The van der Waals surface area contributed by atoms with E-state index in [2.05, 4.69) is 6.92 Å². The standard InChI is InChI=1S/C10H16F3NO/c1-7-2-4-8(5-3-7)9(15)14-6-10(11,12)13/h7-8H,2-6H2,1H3,(H,14,15)/t7-,8+. The van der Waals surface area contributed by atoms with Gasteiger partial charge in [-0.1, -0.05) is 6.92 Å². The second-order valence-corrected chi connectivity index (χ2v) is 4.29. The van der Waals surface area contributed by atoms with E-state index in [-0.39, 0.29) is 5.92 Å². The molecule has 0 radical (unpaired) electrons. The quantitative estimate of drug-likeness (QED) is 0.765. The molecule has 0 aliphatic heterocycles. The molecule has 0 bridgehead atoms. The molecule has 15 heavy (non-hydrogen) atoms. The van der Waals surface area contributed by atoms with Gasteiger partial charge < -0.3 is 5.32 Å². The van der Waals surface area contributed by atoms with Crippen molar-refractivity contribution in [3.8, 4) is 0 Å². The van der Waals surface area contributed by atoms with E-state index in [1.807, 2.05) is 5.32 Å². The summed E-state index contributed by atoms with van der Waals surface area (Å²) in [7, 11) is 0. The van der Waals surface area contributed by atoms with Gasteiger partial charge in [0.25, 0.3) is 0 Å². The Kier molecular flexibility index (Phi) is 3.99. The highest BCUT2D eigenvalue weighted by atomic mass is 19.4. The molecule has 0 aromatic rings. The summed E-state index contributed by atoms with van der Waals surface area (Å²) in [5.74, 6) is -0.0700. The van der Waals surface area contributed by atoms with Crippen molar-refractivity contribution in [3.05, 3.63) is 0 Å². The summed E-state index contributed by atoms with van der Waals surface area (Å²) in [6, 6.07) is 0. The average Bonchev–Trinajstić information content (AvgIpc) is 2.14. The molecule has 2 nitrogen and oxygen atoms in total. The summed E-state index contributed by atoms with van der Waals surface area (Å²) >= 11 is 0. The van der Waals surface area contributed by atoms with Crippen LogP contribution in [0.25, 0.3) is 0 Å². The van der Waals surface area contributed by atoms with E-state index in [4.69, 9.17) is 0 Å². The highest BCUT2D eigenvalue weighted by molar-refractivity contribution is 5.78. The fourth-order valence-corrected chi connectivity index (χ4v) is 1.85. The van der Waals surface area contributed by atoms with Gasteiger partial charge in [-0.2, -0.15) is 13.2 Å². The van der Waals surface area contributed by atoms with Crippen LogP contribution < -0.4 is 5.32 Å². The Balaban J connectivity index is 2.29. The van der Waals surface area contributed by atoms with E-state index in [1.165, 1.54) is 0 Å². The molecule has 0 spiro atoms. The number of hydrogen-bond donors (Lipinski definition) is 1. The Morgan fingerprint density at radius 1 is 1.27 bits per heavy atom. The molecular weight excluding hydrogens is 207 g/mol. The molecule has 5 heteroatoms. The van der Waals surface area contributed by atoms with Crippen LogP contribution >= 0.6 is 0 Å². The van der Waals surface area contributed by atoms with Crippen molar-refractivity contribution < 1.29 is 18.0 Å². The lowest BCUT2D eigenvalue weighted by Crippen LogP contribution is -2.38. The van der Waals surface area contributed by atoms with Crippen molar-refractivity contribution in [1.29, 1.82) is 0 Å². The van der Waals surface area contributed by atoms with Gasteiger partial charge in [0.05, 0.1) is 0 Å². The summed E-state index contributed by atoms with van der Waals surface area (Å²) in [6.07, 6.45) is -1.01. The first-order valence-corrected chi connectivity index (χ1v) is 5.23. The number of alkyl halides is 3. The number of amides is 1. The van der Waals surface area contributed by atoms with E-state index in [9.17, 15) is 18.0 Å². The summed E-state index contributed by atoms with van der Waals surface area (Å²) in [5, 5.41) is 1.94. The van der Waals surface area contributed by atoms with Crippen LogP contribution in [0.2, 0.25) is 0 Å². The Morgan fingerprint density at radius 2 is 1.80 bits per heavy atom. The van der Waals surface area contributed by atoms with E-state index < -0.39 is 18.6 Å². The molecule has 0 atom stereocenters. The Hall–Kier alpha value is -0.740. The van der Waals surface area contributed by atoms with Crippen LogP contribution in [0, 0.1) is 11.8 Å². The van der Waals surface area contributed by atoms with E-state index in [0.29, 0.717) is 18.8 Å². The normalized spacial score (nSPS) is 27.5. The second kappa shape index (κ2) is 4.86. The number of hydrogen-bond acceptors (Lipinski definition) is 1. The Bertz CT molecular complexity index is 219. The van der Waals surface area contributed by atoms with Gasteiger partial charge in [-0.3, -0.25) is 4.79 Å². The molecular formula is C10H16F3NO. The summed E-state index contributed by atoms with van der Waals surface area (Å²) in [4.78, 5) is 11.3. The maximum atomic E-state index is 11.8. The third kappa shape index (κ3) is 4.53. The SMILES string of the molecule is C[C@H]1CC[C@@H](C(=O)NCC(F)(F)F)CC1. The Labute approximate surface area is 87.2 Å². The highest BCUT2D eigenvalue weighted by Crippen LogP contribution is 2.28. The summed E-state index contributed by atoms with van der Waals surface area (Å²) in [5.41, 5.74) is 0. The fraction of sp³-hybridized carbons (Fsp3) is 0.900. The molecule has 1 fully saturated rings. The first kappa shape index (κ1) is 12.3. The first-order valence-electron chi connectivity index (χ1n) is 5.23. The third-order valence-electron chi connectivity index (χ3n) is 2.85. The predicted molar refractivity (Wildman–Crippen MR) is 50.2 cm³/mol. The minimum absolute atomic E-state index is 0.219. The molecule has 1 saturated carbocycles. The third-order valence-corrected chi connectivity index (χ3v) is 2.85. The molecule has 0 aromatic heterocycles. The molecule has 1 aliphatic carbocycles. The van der Waals surface area contributed by atoms with Crippen LogP contribution in [0.5, 0.6) is 0 Å². The summed E-state index contributed by atoms with van der Waals surface area (Å²) in [6.45, 7) is 0.891. The van der Waals surface area contributed by atoms with Crippen molar-refractivity contribution in [2.75, 3.05) is 6.54 Å². The maximum Gasteiger partial charge on any atom is 0.405 e. The van der Waals surface area contributed by atoms with E-state index >= 15 is 0 Å². The molecule has 88 valence electrons. The zero-order valence-electron chi connectivity index (χ0n) is 8.73. The van der Waals surface area contributed by atoms with Gasteiger partial charge in [-0.05, 0) is 31.6 Å². The van der Waals surface area contributed by atoms with Crippen molar-refractivity contribution in [2.24, 2.45) is 11.8 Å². The lowest BCUT2D eigenvalue weighted by Gasteiger charge is -2.25. The minimum atomic E-state index is -4.31. The highest BCUT2D eigenvalue weighted by Gasteiger charge is 2.30. The predicted octanol–water partition coefficient (Wildman–Crippen LogP) is 2.49. The fourth-order valence-electron chi connectivity index (χ4n) is 1.85. The smallest absolute Gasteiger partial charge is 0.347 e. The van der Waals surface area contributed by atoms with Gasteiger partial charge in [0, 0.05) is 5.92 Å². The molecule has 1 amide bonds. The molecule has 0 saturated heterocycles. The second-order valence-electron chi connectivity index (χ2n) is 4.29. The molecule has 1 N–H and O–H groups in total. The van der Waals surface area contributed by atoms with Crippen LogP contribution in [0.3, 0.4) is 0 Å². The lowest BCUT2D eigenvalue weighted by molar-refractivity contribution is -0.141. The van der Waals surface area contributed by atoms with Crippen LogP contribution in [0.1, 0.15) is 32.6 Å². The molecule has 0 aromatic carbocycles. The van der Waals surface area contributed by atoms with Crippen molar-refractivity contribution in [3.63, 3.8) is 0 Å². The van der Waals surface area contributed by atoms with Crippen LogP contribution in [0.15, 0.2) is 0 Å². The van der Waals surface area contributed by atoms with Gasteiger partial charge in [0.15, 0.2) is 0 Å². The molecule has 1 rings (SSSR count). The first-order chi connectivity index (χ1) is 6.88. The van der Waals surface area contributed by atoms with Gasteiger partial charge >= 0.3 is 6.18 Å². The molecule has 0 heterocycles. The van der Waals surface area contributed by atoms with Crippen molar-refractivity contribution in [2.45, 2.75) is 38.8 Å². The number of carbonyl (C=O) groups is 1. The van der Waals surface area contributed by atoms with Gasteiger partial charge in [-0.15, -0.1) is 0 Å². The average molecular weight is 223 g/mol. The van der Waals surface area contributed by atoms with Crippen LogP contribution in [-0.2, 0) is 4.79 Å². The Morgan fingerprint density at radius 3 is 2.27 bits per heavy atom. The maximum absolute atomic E-state index is 11.8. The molecule has 0 unspecified atom stereocenters. The number of halogens is 3. The van der Waals surface area contributed by atoms with Gasteiger partial charge in [0.1, 0.15) is 6.54 Å². The van der Waals surface area contributed by atoms with Gasteiger partial charge in [0.2, 0.25) is 5.91 Å². The number of carbonyl (C=O) groups excluding carboxylic acids is 1. The topological polar surface area (TPSA) is 29.1 Å². The minimum Gasteiger partial charge on any atom is -0.347 e. The van der Waals surface area contributed by atoms with E-state index in [1.54, 1.807) is 0 Å². The zero-order chi connectivity index (χ0) is 11.5.